The molecule has 1 aromatic heterocycles. The molecule has 0 spiro atoms. The van der Waals surface area contributed by atoms with Crippen LogP contribution in [-0.2, 0) is 6.42 Å². The Hall–Kier alpha value is -2.01. The third-order valence-electron chi connectivity index (χ3n) is 3.30. The van der Waals surface area contributed by atoms with Gasteiger partial charge in [-0.2, -0.15) is 0 Å². The highest BCUT2D eigenvalue weighted by atomic mass is 19.1. The van der Waals surface area contributed by atoms with Crippen molar-refractivity contribution in [2.45, 2.75) is 19.4 Å². The number of likely N-dealkylation sites (N-methyl/N-ethyl adjacent to an activating group) is 1. The molecule has 0 bridgehead atoms. The average molecular weight is 292 g/mol. The van der Waals surface area contributed by atoms with Crippen LogP contribution in [0.15, 0.2) is 36.7 Å². The molecule has 1 heterocycles. The summed E-state index contributed by atoms with van der Waals surface area (Å²) in [6.07, 6.45) is 3.70. The maximum absolute atomic E-state index is 13.8. The Bertz CT molecular complexity index is 605. The van der Waals surface area contributed by atoms with Gasteiger partial charge in [-0.1, -0.05) is 13.0 Å². The van der Waals surface area contributed by atoms with Crippen LogP contribution < -0.4 is 10.1 Å². The number of nitrogens with one attached hydrogen (secondary N) is 1. The molecule has 5 heteroatoms. The molecular formula is C16H18F2N2O. The van der Waals surface area contributed by atoms with E-state index < -0.39 is 11.6 Å². The molecule has 0 amide bonds. The normalized spacial score (nSPS) is 12.2. The highest BCUT2D eigenvalue weighted by Crippen LogP contribution is 2.27. The molecule has 2 rings (SSSR count). The minimum atomic E-state index is -0.572. The van der Waals surface area contributed by atoms with Crippen molar-refractivity contribution in [1.29, 1.82) is 0 Å². The van der Waals surface area contributed by atoms with Gasteiger partial charge >= 0.3 is 0 Å². The van der Waals surface area contributed by atoms with Gasteiger partial charge in [-0.25, -0.2) is 8.78 Å². The Balaban J connectivity index is 2.30. The average Bonchev–Trinajstić information content (AvgIpc) is 2.49. The standard InChI is InChI=1S/C16H18F2N2O/c1-3-20-15(13-6-7-19-10-16(13)21-2)8-11-4-5-12(17)9-14(11)18/h4-7,9-10,15,20H,3,8H2,1-2H3. The first kappa shape index (κ1) is 15.4. The van der Waals surface area contributed by atoms with Crippen LogP contribution in [0.4, 0.5) is 8.78 Å². The van der Waals surface area contributed by atoms with E-state index in [2.05, 4.69) is 10.3 Å². The van der Waals surface area contributed by atoms with Gasteiger partial charge in [-0.3, -0.25) is 4.98 Å². The summed E-state index contributed by atoms with van der Waals surface area (Å²) in [6, 6.07) is 5.36. The van der Waals surface area contributed by atoms with Crippen molar-refractivity contribution in [1.82, 2.24) is 10.3 Å². The molecule has 0 fully saturated rings. The lowest BCUT2D eigenvalue weighted by molar-refractivity contribution is 0.396. The number of benzene rings is 1. The lowest BCUT2D eigenvalue weighted by Crippen LogP contribution is -2.24. The van der Waals surface area contributed by atoms with Gasteiger partial charge < -0.3 is 10.1 Å². The number of ether oxygens (including phenoxy) is 1. The molecule has 0 aliphatic carbocycles. The van der Waals surface area contributed by atoms with Gasteiger partial charge in [0.15, 0.2) is 0 Å². The molecule has 21 heavy (non-hydrogen) atoms. The molecule has 3 nitrogen and oxygen atoms in total. The number of nitrogens with zero attached hydrogens (tertiary/aromatic N) is 1. The fraction of sp³-hybridized carbons (Fsp3) is 0.312. The maximum atomic E-state index is 13.8. The fourth-order valence-corrected chi connectivity index (χ4v) is 2.29. The van der Waals surface area contributed by atoms with Crippen molar-refractivity contribution >= 4 is 0 Å². The van der Waals surface area contributed by atoms with Crippen LogP contribution in [0.1, 0.15) is 24.1 Å². The Morgan fingerprint density at radius 3 is 2.76 bits per heavy atom. The second-order valence-electron chi connectivity index (χ2n) is 4.67. The van der Waals surface area contributed by atoms with Crippen LogP contribution >= 0.6 is 0 Å². The van der Waals surface area contributed by atoms with Crippen LogP contribution in [0.5, 0.6) is 5.75 Å². The minimum Gasteiger partial charge on any atom is -0.495 e. The van der Waals surface area contributed by atoms with E-state index in [1.807, 2.05) is 13.0 Å². The second-order valence-corrected chi connectivity index (χ2v) is 4.67. The van der Waals surface area contributed by atoms with E-state index in [-0.39, 0.29) is 6.04 Å². The third kappa shape index (κ3) is 3.76. The van der Waals surface area contributed by atoms with Crippen LogP contribution in [0, 0.1) is 11.6 Å². The van der Waals surface area contributed by atoms with Crippen LogP contribution in [0.2, 0.25) is 0 Å². The number of methoxy groups -OCH3 is 1. The molecule has 0 aliphatic rings. The third-order valence-corrected chi connectivity index (χ3v) is 3.30. The van der Waals surface area contributed by atoms with E-state index in [9.17, 15) is 8.78 Å². The predicted octanol–water partition coefficient (Wildman–Crippen LogP) is 3.26. The second kappa shape index (κ2) is 7.13. The lowest BCUT2D eigenvalue weighted by Gasteiger charge is -2.20. The molecule has 1 unspecified atom stereocenters. The van der Waals surface area contributed by atoms with Crippen molar-refractivity contribution < 1.29 is 13.5 Å². The van der Waals surface area contributed by atoms with Gasteiger partial charge in [-0.15, -0.1) is 0 Å². The zero-order chi connectivity index (χ0) is 15.2. The largest absolute Gasteiger partial charge is 0.495 e. The number of halogens is 2. The van der Waals surface area contributed by atoms with E-state index in [0.717, 1.165) is 18.2 Å². The molecule has 1 N–H and O–H groups in total. The number of pyridine rings is 1. The topological polar surface area (TPSA) is 34.2 Å². The van der Waals surface area contributed by atoms with Crippen molar-refractivity contribution in [3.8, 4) is 5.75 Å². The number of rotatable bonds is 6. The zero-order valence-electron chi connectivity index (χ0n) is 12.1. The molecule has 1 atom stereocenters. The summed E-state index contributed by atoms with van der Waals surface area (Å²) in [4.78, 5) is 4.02. The van der Waals surface area contributed by atoms with Gasteiger partial charge in [0, 0.05) is 23.9 Å². The molecule has 2 aromatic rings. The summed E-state index contributed by atoms with van der Waals surface area (Å²) in [5.74, 6) is -0.463. The molecule has 0 saturated heterocycles. The summed E-state index contributed by atoms with van der Waals surface area (Å²) in [5.41, 5.74) is 1.36. The summed E-state index contributed by atoms with van der Waals surface area (Å²) in [7, 11) is 1.57. The van der Waals surface area contributed by atoms with Crippen LogP contribution in [0.3, 0.4) is 0 Å². The van der Waals surface area contributed by atoms with Gasteiger partial charge in [-0.05, 0) is 30.7 Å². The van der Waals surface area contributed by atoms with E-state index >= 15 is 0 Å². The Morgan fingerprint density at radius 1 is 1.29 bits per heavy atom. The Morgan fingerprint density at radius 2 is 2.10 bits per heavy atom. The predicted molar refractivity (Wildman–Crippen MR) is 77.3 cm³/mol. The quantitative estimate of drug-likeness (QED) is 0.887. The summed E-state index contributed by atoms with van der Waals surface area (Å²) in [5, 5.41) is 3.30. The highest BCUT2D eigenvalue weighted by molar-refractivity contribution is 5.34. The van der Waals surface area contributed by atoms with Crippen molar-refractivity contribution in [3.05, 3.63) is 59.4 Å². The van der Waals surface area contributed by atoms with Gasteiger partial charge in [0.2, 0.25) is 0 Å². The molecule has 1 aromatic carbocycles. The number of hydrogen-bond donors (Lipinski definition) is 1. The summed E-state index contributed by atoms with van der Waals surface area (Å²) in [6.45, 7) is 2.70. The molecule has 0 aliphatic heterocycles. The first-order chi connectivity index (χ1) is 10.2. The Kier molecular flexibility index (Phi) is 5.22. The number of aromatic nitrogens is 1. The van der Waals surface area contributed by atoms with Crippen LogP contribution in [0.25, 0.3) is 0 Å². The van der Waals surface area contributed by atoms with E-state index in [4.69, 9.17) is 4.74 Å². The SMILES string of the molecule is CCNC(Cc1ccc(F)cc1F)c1ccncc1OC. The molecule has 0 saturated carbocycles. The summed E-state index contributed by atoms with van der Waals surface area (Å²) >= 11 is 0. The zero-order valence-corrected chi connectivity index (χ0v) is 12.1. The lowest BCUT2D eigenvalue weighted by atomic mass is 9.98. The Labute approximate surface area is 123 Å². The maximum Gasteiger partial charge on any atom is 0.141 e. The van der Waals surface area contributed by atoms with Crippen LogP contribution in [-0.4, -0.2) is 18.6 Å². The molecular weight excluding hydrogens is 274 g/mol. The molecule has 0 radical (unpaired) electrons. The van der Waals surface area contributed by atoms with Gasteiger partial charge in [0.1, 0.15) is 17.4 Å². The van der Waals surface area contributed by atoms with Crippen molar-refractivity contribution in [3.63, 3.8) is 0 Å². The minimum absolute atomic E-state index is 0.132. The fourth-order valence-electron chi connectivity index (χ4n) is 2.29. The van der Waals surface area contributed by atoms with Crippen molar-refractivity contribution in [2.75, 3.05) is 13.7 Å². The first-order valence-corrected chi connectivity index (χ1v) is 6.81. The van der Waals surface area contributed by atoms with E-state index in [0.29, 0.717) is 17.7 Å². The number of hydrogen-bond acceptors (Lipinski definition) is 3. The summed E-state index contributed by atoms with van der Waals surface area (Å²) < 4.78 is 32.1. The van der Waals surface area contributed by atoms with E-state index in [1.165, 1.54) is 12.1 Å². The van der Waals surface area contributed by atoms with Gasteiger partial charge in [0.25, 0.3) is 0 Å². The smallest absolute Gasteiger partial charge is 0.141 e. The monoisotopic (exact) mass is 292 g/mol. The first-order valence-electron chi connectivity index (χ1n) is 6.81. The van der Waals surface area contributed by atoms with E-state index in [1.54, 1.807) is 19.5 Å². The van der Waals surface area contributed by atoms with Crippen molar-refractivity contribution in [2.24, 2.45) is 0 Å². The molecule has 112 valence electrons. The van der Waals surface area contributed by atoms with Gasteiger partial charge in [0.05, 0.1) is 13.3 Å². The highest BCUT2D eigenvalue weighted by Gasteiger charge is 2.17.